The molecule has 0 spiro atoms. The van der Waals surface area contributed by atoms with Crippen molar-refractivity contribution < 1.29 is 13.2 Å². The first-order valence-electron chi connectivity index (χ1n) is 8.23. The lowest BCUT2D eigenvalue weighted by atomic mass is 10.1. The molecule has 0 bridgehead atoms. The normalized spacial score (nSPS) is 11.8. The molecule has 1 aromatic heterocycles. The molecule has 138 valence electrons. The van der Waals surface area contributed by atoms with E-state index in [0.29, 0.717) is 11.4 Å². The Kier molecular flexibility index (Phi) is 5.27. The molecule has 3 aromatic rings. The van der Waals surface area contributed by atoms with Gasteiger partial charge in [-0.15, -0.1) is 0 Å². The van der Waals surface area contributed by atoms with Crippen LogP contribution in [0.4, 0.5) is 0 Å². The molecule has 0 aliphatic heterocycles. The summed E-state index contributed by atoms with van der Waals surface area (Å²) in [6.45, 7) is 4.33. The summed E-state index contributed by atoms with van der Waals surface area (Å²) < 4.78 is 33.1. The zero-order chi connectivity index (χ0) is 18.9. The molecule has 2 aromatic carbocycles. The van der Waals surface area contributed by atoms with Gasteiger partial charge >= 0.3 is 0 Å². The SMILES string of the molecule is COc1ccc(Cl)cc1S(=O)(=O)NCCc1c(C)[nH]c2c(C)cccc12. The lowest BCUT2D eigenvalue weighted by Crippen LogP contribution is -2.26. The van der Waals surface area contributed by atoms with E-state index in [-0.39, 0.29) is 17.2 Å². The molecule has 1 heterocycles. The van der Waals surface area contributed by atoms with Crippen LogP contribution in [0.5, 0.6) is 5.75 Å². The van der Waals surface area contributed by atoms with Gasteiger partial charge in [-0.2, -0.15) is 0 Å². The fourth-order valence-corrected chi connectivity index (χ4v) is 4.58. The molecular formula is C19H21ClN2O3S. The van der Waals surface area contributed by atoms with E-state index in [0.717, 1.165) is 22.2 Å². The molecule has 0 aliphatic rings. The van der Waals surface area contributed by atoms with Crippen molar-refractivity contribution in [2.24, 2.45) is 0 Å². The van der Waals surface area contributed by atoms with Crippen LogP contribution in [0.3, 0.4) is 0 Å². The maximum Gasteiger partial charge on any atom is 0.244 e. The Morgan fingerprint density at radius 3 is 2.69 bits per heavy atom. The summed E-state index contributed by atoms with van der Waals surface area (Å²) in [4.78, 5) is 3.43. The van der Waals surface area contributed by atoms with Gasteiger partial charge in [-0.05, 0) is 49.6 Å². The molecule has 3 rings (SSSR count). The number of aromatic nitrogens is 1. The number of methoxy groups -OCH3 is 1. The fraction of sp³-hybridized carbons (Fsp3) is 0.263. The average molecular weight is 393 g/mol. The second kappa shape index (κ2) is 7.31. The maximum absolute atomic E-state index is 12.6. The minimum atomic E-state index is -3.72. The van der Waals surface area contributed by atoms with Gasteiger partial charge in [0, 0.05) is 28.2 Å². The molecule has 26 heavy (non-hydrogen) atoms. The topological polar surface area (TPSA) is 71.2 Å². The van der Waals surface area contributed by atoms with E-state index in [9.17, 15) is 8.42 Å². The van der Waals surface area contributed by atoms with Crippen molar-refractivity contribution in [3.63, 3.8) is 0 Å². The van der Waals surface area contributed by atoms with Crippen molar-refractivity contribution in [3.8, 4) is 5.75 Å². The summed E-state index contributed by atoms with van der Waals surface area (Å²) >= 11 is 5.94. The first-order valence-corrected chi connectivity index (χ1v) is 10.1. The van der Waals surface area contributed by atoms with Crippen molar-refractivity contribution >= 4 is 32.5 Å². The molecule has 0 radical (unpaired) electrons. The summed E-state index contributed by atoms with van der Waals surface area (Å²) in [5, 5.41) is 1.47. The Morgan fingerprint density at radius 2 is 1.96 bits per heavy atom. The Morgan fingerprint density at radius 1 is 1.19 bits per heavy atom. The monoisotopic (exact) mass is 392 g/mol. The van der Waals surface area contributed by atoms with Gasteiger partial charge in [-0.1, -0.05) is 29.8 Å². The lowest BCUT2D eigenvalue weighted by Gasteiger charge is -2.11. The van der Waals surface area contributed by atoms with Crippen LogP contribution in [0.15, 0.2) is 41.3 Å². The Hall–Kier alpha value is -2.02. The number of H-pyrrole nitrogens is 1. The molecule has 0 amide bonds. The summed E-state index contributed by atoms with van der Waals surface area (Å²) in [6, 6.07) is 10.6. The molecule has 0 saturated carbocycles. The predicted octanol–water partition coefficient (Wildman–Crippen LogP) is 3.97. The Labute approximate surface area is 158 Å². The molecule has 0 atom stereocenters. The van der Waals surface area contributed by atoms with E-state index >= 15 is 0 Å². The van der Waals surface area contributed by atoms with Crippen molar-refractivity contribution in [3.05, 3.63) is 58.2 Å². The van der Waals surface area contributed by atoms with Crippen molar-refractivity contribution in [2.75, 3.05) is 13.7 Å². The molecular weight excluding hydrogens is 372 g/mol. The highest BCUT2D eigenvalue weighted by atomic mass is 35.5. The van der Waals surface area contributed by atoms with E-state index in [1.54, 1.807) is 12.1 Å². The van der Waals surface area contributed by atoms with Crippen molar-refractivity contribution in [1.29, 1.82) is 0 Å². The largest absolute Gasteiger partial charge is 0.495 e. The number of ether oxygens (including phenoxy) is 1. The van der Waals surface area contributed by atoms with Crippen LogP contribution in [0, 0.1) is 13.8 Å². The van der Waals surface area contributed by atoms with Crippen LogP contribution in [-0.4, -0.2) is 27.1 Å². The quantitative estimate of drug-likeness (QED) is 0.666. The maximum atomic E-state index is 12.6. The van der Waals surface area contributed by atoms with Gasteiger partial charge in [0.25, 0.3) is 0 Å². The van der Waals surface area contributed by atoms with Gasteiger partial charge in [0.2, 0.25) is 10.0 Å². The highest BCUT2D eigenvalue weighted by Crippen LogP contribution is 2.27. The van der Waals surface area contributed by atoms with Gasteiger partial charge < -0.3 is 9.72 Å². The van der Waals surface area contributed by atoms with Gasteiger partial charge in [-0.25, -0.2) is 13.1 Å². The molecule has 2 N–H and O–H groups in total. The molecule has 0 fully saturated rings. The number of hydrogen-bond donors (Lipinski definition) is 2. The second-order valence-corrected chi connectivity index (χ2v) is 8.34. The highest BCUT2D eigenvalue weighted by Gasteiger charge is 2.20. The number of aromatic amines is 1. The number of sulfonamides is 1. The van der Waals surface area contributed by atoms with Gasteiger partial charge in [0.15, 0.2) is 0 Å². The van der Waals surface area contributed by atoms with E-state index < -0.39 is 10.0 Å². The first-order chi connectivity index (χ1) is 12.3. The van der Waals surface area contributed by atoms with Gasteiger partial charge in [0.05, 0.1) is 7.11 Å². The standard InChI is InChI=1S/C19H21ClN2O3S/c1-12-5-4-6-16-15(13(2)22-19(12)16)9-10-21-26(23,24)18-11-14(20)7-8-17(18)25-3/h4-8,11,21-22H,9-10H2,1-3H3. The van der Waals surface area contributed by atoms with Gasteiger partial charge in [0.1, 0.15) is 10.6 Å². The molecule has 5 nitrogen and oxygen atoms in total. The number of aryl methyl sites for hydroxylation is 2. The Balaban J connectivity index is 1.81. The number of halogens is 1. The van der Waals surface area contributed by atoms with Crippen LogP contribution >= 0.6 is 11.6 Å². The van der Waals surface area contributed by atoms with Crippen molar-refractivity contribution in [2.45, 2.75) is 25.2 Å². The van der Waals surface area contributed by atoms with Crippen LogP contribution in [0.25, 0.3) is 10.9 Å². The second-order valence-electron chi connectivity index (χ2n) is 6.17. The number of hydrogen-bond acceptors (Lipinski definition) is 3. The fourth-order valence-electron chi connectivity index (χ4n) is 3.12. The number of fused-ring (bicyclic) bond motifs is 1. The highest BCUT2D eigenvalue weighted by molar-refractivity contribution is 7.89. The molecule has 7 heteroatoms. The average Bonchev–Trinajstić information content (AvgIpc) is 2.92. The van der Waals surface area contributed by atoms with Crippen LogP contribution < -0.4 is 9.46 Å². The predicted molar refractivity (Wildman–Crippen MR) is 105 cm³/mol. The summed E-state index contributed by atoms with van der Waals surface area (Å²) in [7, 11) is -2.29. The number of rotatable bonds is 6. The summed E-state index contributed by atoms with van der Waals surface area (Å²) in [6.07, 6.45) is 0.581. The third kappa shape index (κ3) is 3.58. The minimum Gasteiger partial charge on any atom is -0.495 e. The van der Waals surface area contributed by atoms with E-state index in [1.165, 1.54) is 18.7 Å². The zero-order valence-corrected chi connectivity index (χ0v) is 16.5. The molecule has 0 unspecified atom stereocenters. The number of para-hydroxylation sites is 1. The number of nitrogens with one attached hydrogen (secondary N) is 2. The molecule has 0 saturated heterocycles. The van der Waals surface area contributed by atoms with Crippen LogP contribution in [0.2, 0.25) is 5.02 Å². The van der Waals surface area contributed by atoms with E-state index in [2.05, 4.69) is 28.8 Å². The minimum absolute atomic E-state index is 0.0407. The summed E-state index contributed by atoms with van der Waals surface area (Å²) in [5.41, 5.74) is 4.43. The van der Waals surface area contributed by atoms with E-state index in [4.69, 9.17) is 16.3 Å². The molecule has 0 aliphatic carbocycles. The Bertz CT molecular complexity index is 1060. The third-order valence-electron chi connectivity index (χ3n) is 4.45. The number of benzene rings is 2. The van der Waals surface area contributed by atoms with Crippen LogP contribution in [0.1, 0.15) is 16.8 Å². The zero-order valence-electron chi connectivity index (χ0n) is 14.9. The van der Waals surface area contributed by atoms with Gasteiger partial charge in [-0.3, -0.25) is 0 Å². The van der Waals surface area contributed by atoms with E-state index in [1.807, 2.05) is 13.0 Å². The summed E-state index contributed by atoms with van der Waals surface area (Å²) in [5.74, 6) is 0.265. The van der Waals surface area contributed by atoms with Crippen molar-refractivity contribution in [1.82, 2.24) is 9.71 Å². The van der Waals surface area contributed by atoms with Crippen LogP contribution in [-0.2, 0) is 16.4 Å². The lowest BCUT2D eigenvalue weighted by molar-refractivity contribution is 0.402. The third-order valence-corrected chi connectivity index (χ3v) is 6.16. The first kappa shape index (κ1) is 18.8. The smallest absolute Gasteiger partial charge is 0.244 e.